The summed E-state index contributed by atoms with van der Waals surface area (Å²) >= 11 is 0. The van der Waals surface area contributed by atoms with Crippen molar-refractivity contribution in [2.45, 2.75) is 24.7 Å². The number of carbonyl (C=O) groups is 2. The number of hydrogen-bond acceptors (Lipinski definition) is 5. The van der Waals surface area contributed by atoms with E-state index < -0.39 is 5.97 Å². The predicted molar refractivity (Wildman–Crippen MR) is 88.0 cm³/mol. The summed E-state index contributed by atoms with van der Waals surface area (Å²) in [5.41, 5.74) is 0.828. The molecule has 0 spiro atoms. The standard InChI is InChI=1S/C17H22N2O6/c20-15(21)3-6-18-16(22)19-10-17(4-7-23-8-5-17)12-1-2-13-14(9-12)25-11-24-13/h1-2,9H,3-8,10-11H2,(H,20,21)(H2,18,19,22). The lowest BCUT2D eigenvalue weighted by Crippen LogP contribution is -2.47. The summed E-state index contributed by atoms with van der Waals surface area (Å²) in [6.07, 6.45) is 1.46. The monoisotopic (exact) mass is 350 g/mol. The zero-order valence-electron chi connectivity index (χ0n) is 13.9. The van der Waals surface area contributed by atoms with Crippen LogP contribution in [0.25, 0.3) is 0 Å². The number of carboxylic acid groups (broad SMARTS) is 1. The summed E-state index contributed by atoms with van der Waals surface area (Å²) in [4.78, 5) is 22.4. The highest BCUT2D eigenvalue weighted by Gasteiger charge is 2.36. The van der Waals surface area contributed by atoms with Crippen molar-refractivity contribution in [1.82, 2.24) is 10.6 Å². The van der Waals surface area contributed by atoms with E-state index in [0.717, 1.165) is 24.2 Å². The van der Waals surface area contributed by atoms with Crippen molar-refractivity contribution in [2.75, 3.05) is 33.1 Å². The van der Waals surface area contributed by atoms with E-state index in [-0.39, 0.29) is 31.2 Å². The molecule has 2 amide bonds. The van der Waals surface area contributed by atoms with Gasteiger partial charge in [-0.1, -0.05) is 6.07 Å². The molecule has 0 unspecified atom stereocenters. The van der Waals surface area contributed by atoms with Gasteiger partial charge in [-0.15, -0.1) is 0 Å². The summed E-state index contributed by atoms with van der Waals surface area (Å²) in [6, 6.07) is 5.50. The SMILES string of the molecule is O=C(O)CCNC(=O)NCC1(c2ccc3c(c2)OCO3)CCOCC1. The molecule has 3 rings (SSSR count). The van der Waals surface area contributed by atoms with Gasteiger partial charge in [0.05, 0.1) is 6.42 Å². The molecule has 1 fully saturated rings. The molecule has 8 heteroatoms. The maximum atomic E-state index is 11.9. The molecule has 8 nitrogen and oxygen atoms in total. The third-order valence-electron chi connectivity index (χ3n) is 4.65. The molecule has 0 saturated carbocycles. The van der Waals surface area contributed by atoms with Crippen molar-refractivity contribution in [3.63, 3.8) is 0 Å². The fraction of sp³-hybridized carbons (Fsp3) is 0.529. The molecule has 2 heterocycles. The van der Waals surface area contributed by atoms with Crippen LogP contribution in [0.1, 0.15) is 24.8 Å². The number of rotatable bonds is 6. The van der Waals surface area contributed by atoms with E-state index in [0.29, 0.717) is 25.5 Å². The number of urea groups is 1. The Balaban J connectivity index is 1.67. The summed E-state index contributed by atoms with van der Waals surface area (Å²) in [6.45, 7) is 2.00. The van der Waals surface area contributed by atoms with Crippen LogP contribution in [0, 0.1) is 0 Å². The first-order valence-corrected chi connectivity index (χ1v) is 8.30. The largest absolute Gasteiger partial charge is 0.481 e. The Bertz CT molecular complexity index is 642. The van der Waals surface area contributed by atoms with Crippen LogP contribution < -0.4 is 20.1 Å². The summed E-state index contributed by atoms with van der Waals surface area (Å²) in [5, 5.41) is 14.0. The van der Waals surface area contributed by atoms with Crippen molar-refractivity contribution in [1.29, 1.82) is 0 Å². The van der Waals surface area contributed by atoms with Crippen LogP contribution in [0.2, 0.25) is 0 Å². The molecule has 136 valence electrons. The fourth-order valence-electron chi connectivity index (χ4n) is 3.15. The number of benzene rings is 1. The quantitative estimate of drug-likeness (QED) is 0.713. The van der Waals surface area contributed by atoms with E-state index in [2.05, 4.69) is 10.6 Å². The number of carbonyl (C=O) groups excluding carboxylic acids is 1. The van der Waals surface area contributed by atoms with Crippen molar-refractivity contribution in [3.8, 4) is 11.5 Å². The Morgan fingerprint density at radius 3 is 2.64 bits per heavy atom. The van der Waals surface area contributed by atoms with Gasteiger partial charge >= 0.3 is 12.0 Å². The second-order valence-corrected chi connectivity index (χ2v) is 6.21. The number of fused-ring (bicyclic) bond motifs is 1. The van der Waals surface area contributed by atoms with E-state index in [1.165, 1.54) is 0 Å². The predicted octanol–water partition coefficient (Wildman–Crippen LogP) is 1.24. The lowest BCUT2D eigenvalue weighted by Gasteiger charge is -2.38. The second kappa shape index (κ2) is 7.60. The highest BCUT2D eigenvalue weighted by atomic mass is 16.7. The first kappa shape index (κ1) is 17.3. The number of amides is 2. The number of hydrogen-bond donors (Lipinski definition) is 3. The van der Waals surface area contributed by atoms with E-state index >= 15 is 0 Å². The highest BCUT2D eigenvalue weighted by molar-refractivity contribution is 5.75. The van der Waals surface area contributed by atoms with E-state index in [9.17, 15) is 9.59 Å². The van der Waals surface area contributed by atoms with Crippen molar-refractivity contribution in [2.24, 2.45) is 0 Å². The van der Waals surface area contributed by atoms with Crippen molar-refractivity contribution >= 4 is 12.0 Å². The van der Waals surface area contributed by atoms with Gasteiger partial charge in [-0.2, -0.15) is 0 Å². The minimum absolute atomic E-state index is 0.0985. The molecular weight excluding hydrogens is 328 g/mol. The Morgan fingerprint density at radius 1 is 1.12 bits per heavy atom. The van der Waals surface area contributed by atoms with Gasteiger partial charge in [-0.3, -0.25) is 4.79 Å². The molecule has 0 radical (unpaired) electrons. The molecule has 2 aliphatic heterocycles. The molecule has 0 aromatic heterocycles. The molecule has 3 N–H and O–H groups in total. The molecule has 25 heavy (non-hydrogen) atoms. The minimum atomic E-state index is -0.943. The molecule has 2 aliphatic rings. The number of ether oxygens (including phenoxy) is 3. The molecule has 1 aromatic carbocycles. The number of carboxylic acids is 1. The number of nitrogens with one attached hydrogen (secondary N) is 2. The molecule has 0 atom stereocenters. The van der Waals surface area contributed by atoms with Crippen molar-refractivity contribution in [3.05, 3.63) is 23.8 Å². The van der Waals surface area contributed by atoms with E-state index in [1.54, 1.807) is 0 Å². The Kier molecular flexibility index (Phi) is 5.28. The van der Waals surface area contributed by atoms with Gasteiger partial charge in [0.25, 0.3) is 0 Å². The molecule has 1 aromatic rings. The molecular formula is C17H22N2O6. The van der Waals surface area contributed by atoms with Gasteiger partial charge in [0, 0.05) is 31.7 Å². The smallest absolute Gasteiger partial charge is 0.314 e. The van der Waals surface area contributed by atoms with Crippen LogP contribution in [-0.4, -0.2) is 50.2 Å². The number of aliphatic carboxylic acids is 1. The third-order valence-corrected chi connectivity index (χ3v) is 4.65. The van der Waals surface area contributed by atoms with Crippen LogP contribution in [0.3, 0.4) is 0 Å². The van der Waals surface area contributed by atoms with Gasteiger partial charge in [0.2, 0.25) is 6.79 Å². The van der Waals surface area contributed by atoms with Gasteiger partial charge in [-0.25, -0.2) is 4.79 Å². The van der Waals surface area contributed by atoms with Crippen molar-refractivity contribution < 1.29 is 28.9 Å². The Labute approximate surface area is 145 Å². The highest BCUT2D eigenvalue weighted by Crippen LogP contribution is 2.40. The lowest BCUT2D eigenvalue weighted by molar-refractivity contribution is -0.136. The summed E-state index contributed by atoms with van der Waals surface area (Å²) in [7, 11) is 0. The van der Waals surface area contributed by atoms with Crippen LogP contribution >= 0.6 is 0 Å². The summed E-state index contributed by atoms with van der Waals surface area (Å²) in [5.74, 6) is 0.501. The topological polar surface area (TPSA) is 106 Å². The second-order valence-electron chi connectivity index (χ2n) is 6.21. The minimum Gasteiger partial charge on any atom is -0.481 e. The van der Waals surface area contributed by atoms with Crippen LogP contribution in [0.5, 0.6) is 11.5 Å². The lowest BCUT2D eigenvalue weighted by atomic mass is 9.74. The average Bonchev–Trinajstić information content (AvgIpc) is 3.08. The maximum Gasteiger partial charge on any atom is 0.314 e. The molecule has 0 aliphatic carbocycles. The van der Waals surface area contributed by atoms with Crippen LogP contribution in [0.15, 0.2) is 18.2 Å². The maximum absolute atomic E-state index is 11.9. The Morgan fingerprint density at radius 2 is 1.88 bits per heavy atom. The molecule has 1 saturated heterocycles. The van der Waals surface area contributed by atoms with Gasteiger partial charge in [0.1, 0.15) is 0 Å². The zero-order chi connectivity index (χ0) is 17.7. The van der Waals surface area contributed by atoms with E-state index in [1.807, 2.05) is 18.2 Å². The fourth-order valence-corrected chi connectivity index (χ4v) is 3.15. The first-order chi connectivity index (χ1) is 12.1. The molecule has 0 bridgehead atoms. The Hall–Kier alpha value is -2.48. The van der Waals surface area contributed by atoms with Gasteiger partial charge in [-0.05, 0) is 30.5 Å². The zero-order valence-corrected chi connectivity index (χ0v) is 13.9. The van der Waals surface area contributed by atoms with Crippen LogP contribution in [-0.2, 0) is 14.9 Å². The van der Waals surface area contributed by atoms with E-state index in [4.69, 9.17) is 19.3 Å². The third kappa shape index (κ3) is 4.14. The normalized spacial score (nSPS) is 17.8. The summed E-state index contributed by atoms with van der Waals surface area (Å²) < 4.78 is 16.3. The first-order valence-electron chi connectivity index (χ1n) is 8.30. The van der Waals surface area contributed by atoms with Gasteiger partial charge < -0.3 is 30.0 Å². The van der Waals surface area contributed by atoms with Gasteiger partial charge in [0.15, 0.2) is 11.5 Å². The van der Waals surface area contributed by atoms with Crippen LogP contribution in [0.4, 0.5) is 4.79 Å². The average molecular weight is 350 g/mol.